The lowest BCUT2D eigenvalue weighted by Gasteiger charge is -2.36. The number of aromatic nitrogens is 1. The van der Waals surface area contributed by atoms with Gasteiger partial charge < -0.3 is 14.6 Å². The fourth-order valence-electron chi connectivity index (χ4n) is 3.19. The van der Waals surface area contributed by atoms with Crippen LogP contribution in [0.2, 0.25) is 0 Å². The number of hydrogen-bond acceptors (Lipinski definition) is 6. The van der Waals surface area contributed by atoms with E-state index in [1.165, 1.54) is 12.1 Å². The van der Waals surface area contributed by atoms with Crippen molar-refractivity contribution in [3.8, 4) is 0 Å². The van der Waals surface area contributed by atoms with Crippen LogP contribution >= 0.6 is 0 Å². The number of nitro benzene ring substituents is 1. The van der Waals surface area contributed by atoms with E-state index in [2.05, 4.69) is 4.98 Å². The topological polar surface area (TPSA) is 112 Å². The fourth-order valence-corrected chi connectivity index (χ4v) is 3.19. The molecule has 8 nitrogen and oxygen atoms in total. The van der Waals surface area contributed by atoms with Gasteiger partial charge in [0.2, 0.25) is 0 Å². The Labute approximate surface area is 167 Å². The number of non-ortho nitro benzene ring substituents is 1. The molecule has 1 aromatic carbocycles. The van der Waals surface area contributed by atoms with Crippen molar-refractivity contribution in [2.24, 2.45) is 5.92 Å². The minimum Gasteiger partial charge on any atom is -0.481 e. The number of pyridine rings is 1. The van der Waals surface area contributed by atoms with Gasteiger partial charge in [0.1, 0.15) is 0 Å². The molecule has 1 fully saturated rings. The third-order valence-electron chi connectivity index (χ3n) is 4.68. The second-order valence-corrected chi connectivity index (χ2v) is 6.76. The number of nitrogens with zero attached hydrogens (tertiary/aromatic N) is 2. The summed E-state index contributed by atoms with van der Waals surface area (Å²) in [5.74, 6) is -0.785. The largest absolute Gasteiger partial charge is 0.481 e. The van der Waals surface area contributed by atoms with E-state index in [9.17, 15) is 14.9 Å². The Morgan fingerprint density at radius 1 is 1.24 bits per heavy atom. The SMILES string of the molecule is O=C(O)CC/C=C\C[C@H]1CO[C@@H](c2ccc([N+](=O)[O-])cc2)O[C@H]1c1cccnc1. The third-order valence-corrected chi connectivity index (χ3v) is 4.68. The van der Waals surface area contributed by atoms with Gasteiger partial charge in [-0.3, -0.25) is 19.9 Å². The number of benzene rings is 1. The molecule has 8 heteroatoms. The van der Waals surface area contributed by atoms with Crippen LogP contribution < -0.4 is 0 Å². The van der Waals surface area contributed by atoms with E-state index in [0.717, 1.165) is 5.56 Å². The van der Waals surface area contributed by atoms with Gasteiger partial charge in [-0.15, -0.1) is 0 Å². The minimum absolute atomic E-state index is 0.0118. The second kappa shape index (κ2) is 9.90. The Bertz CT molecular complexity index is 853. The number of ether oxygens (including phenoxy) is 2. The molecule has 29 heavy (non-hydrogen) atoms. The molecule has 152 valence electrons. The first kappa shape index (κ1) is 20.6. The van der Waals surface area contributed by atoms with Gasteiger partial charge in [-0.2, -0.15) is 0 Å². The summed E-state index contributed by atoms with van der Waals surface area (Å²) in [6.07, 6.45) is 7.62. The van der Waals surface area contributed by atoms with Crippen LogP contribution in [0.5, 0.6) is 0 Å². The number of carboxylic acids is 1. The highest BCUT2D eigenvalue weighted by Crippen LogP contribution is 2.39. The zero-order valence-electron chi connectivity index (χ0n) is 15.7. The van der Waals surface area contributed by atoms with Crippen LogP contribution in [0.3, 0.4) is 0 Å². The average Bonchev–Trinajstić information content (AvgIpc) is 2.74. The molecule has 3 rings (SSSR count). The molecule has 3 atom stereocenters. The minimum atomic E-state index is -0.821. The first-order chi connectivity index (χ1) is 14.0. The molecule has 0 saturated carbocycles. The number of aliphatic carboxylic acids is 1. The second-order valence-electron chi connectivity index (χ2n) is 6.76. The average molecular weight is 398 g/mol. The van der Waals surface area contributed by atoms with Crippen LogP contribution in [0, 0.1) is 16.0 Å². The van der Waals surface area contributed by atoms with Crippen LogP contribution in [-0.2, 0) is 14.3 Å². The molecule has 2 aromatic rings. The lowest BCUT2D eigenvalue weighted by molar-refractivity contribution is -0.384. The fraction of sp³-hybridized carbons (Fsp3) is 0.333. The van der Waals surface area contributed by atoms with E-state index < -0.39 is 17.2 Å². The summed E-state index contributed by atoms with van der Waals surface area (Å²) >= 11 is 0. The predicted molar refractivity (Wildman–Crippen MR) is 104 cm³/mol. The van der Waals surface area contributed by atoms with Crippen LogP contribution in [-0.4, -0.2) is 27.6 Å². The zero-order valence-corrected chi connectivity index (χ0v) is 15.7. The Morgan fingerprint density at radius 3 is 2.69 bits per heavy atom. The third kappa shape index (κ3) is 5.69. The molecule has 0 amide bonds. The van der Waals surface area contributed by atoms with Crippen molar-refractivity contribution in [3.05, 3.63) is 82.2 Å². The van der Waals surface area contributed by atoms with E-state index in [1.807, 2.05) is 24.3 Å². The van der Waals surface area contributed by atoms with Gasteiger partial charge >= 0.3 is 5.97 Å². The molecule has 1 N–H and O–H groups in total. The molecule has 0 aliphatic carbocycles. The normalized spacial score (nSPS) is 21.9. The quantitative estimate of drug-likeness (QED) is 0.403. The Morgan fingerprint density at radius 2 is 2.03 bits per heavy atom. The zero-order chi connectivity index (χ0) is 20.6. The van der Waals surface area contributed by atoms with Crippen molar-refractivity contribution in [2.75, 3.05) is 6.61 Å². The van der Waals surface area contributed by atoms with Crippen molar-refractivity contribution in [1.29, 1.82) is 0 Å². The monoisotopic (exact) mass is 398 g/mol. The predicted octanol–water partition coefficient (Wildman–Crippen LogP) is 4.20. The number of hydrogen-bond donors (Lipinski definition) is 1. The van der Waals surface area contributed by atoms with Crippen molar-refractivity contribution in [1.82, 2.24) is 4.98 Å². The molecular formula is C21H22N2O6. The van der Waals surface area contributed by atoms with Crippen molar-refractivity contribution in [2.45, 2.75) is 31.7 Å². The van der Waals surface area contributed by atoms with Gasteiger partial charge in [0.05, 0.1) is 17.6 Å². The molecule has 1 aromatic heterocycles. The van der Waals surface area contributed by atoms with E-state index in [1.54, 1.807) is 24.5 Å². The van der Waals surface area contributed by atoms with Gasteiger partial charge in [-0.1, -0.05) is 18.2 Å². The van der Waals surface area contributed by atoms with Crippen LogP contribution in [0.15, 0.2) is 60.9 Å². The van der Waals surface area contributed by atoms with E-state index in [-0.39, 0.29) is 24.1 Å². The van der Waals surface area contributed by atoms with Gasteiger partial charge in [-0.25, -0.2) is 0 Å². The van der Waals surface area contributed by atoms with Gasteiger partial charge in [0.15, 0.2) is 6.29 Å². The standard InChI is InChI=1S/C21H22N2O6/c24-19(25)7-3-1-2-5-17-14-28-21(15-8-10-18(11-9-15)23(26)27)29-20(17)16-6-4-12-22-13-16/h1-2,4,6,8-13,17,20-21H,3,5,7,14H2,(H,24,25)/b2-1-/t17-,20-,21+/m0/s1. The first-order valence-corrected chi connectivity index (χ1v) is 9.32. The molecule has 2 heterocycles. The number of carbonyl (C=O) groups is 1. The summed E-state index contributed by atoms with van der Waals surface area (Å²) in [6, 6.07) is 9.91. The summed E-state index contributed by atoms with van der Waals surface area (Å²) < 4.78 is 12.1. The maximum atomic E-state index is 10.8. The van der Waals surface area contributed by atoms with Gasteiger partial charge in [0, 0.05) is 42.4 Å². The Kier molecular flexibility index (Phi) is 7.04. The number of allylic oxidation sites excluding steroid dienone is 2. The summed E-state index contributed by atoms with van der Waals surface area (Å²) in [6.45, 7) is 0.435. The number of nitro groups is 1. The molecule has 1 aliphatic heterocycles. The maximum absolute atomic E-state index is 10.8. The summed E-state index contributed by atoms with van der Waals surface area (Å²) in [7, 11) is 0. The molecule has 1 aliphatic rings. The highest BCUT2D eigenvalue weighted by molar-refractivity contribution is 5.66. The molecule has 0 bridgehead atoms. The molecule has 0 unspecified atom stereocenters. The Balaban J connectivity index is 1.71. The number of rotatable bonds is 8. The smallest absolute Gasteiger partial charge is 0.303 e. The number of carboxylic acid groups (broad SMARTS) is 1. The lowest BCUT2D eigenvalue weighted by atomic mass is 9.92. The van der Waals surface area contributed by atoms with E-state index in [0.29, 0.717) is 25.0 Å². The van der Waals surface area contributed by atoms with Crippen molar-refractivity contribution in [3.63, 3.8) is 0 Å². The van der Waals surface area contributed by atoms with Crippen molar-refractivity contribution < 1.29 is 24.3 Å². The summed E-state index contributed by atoms with van der Waals surface area (Å²) in [5, 5.41) is 19.6. The van der Waals surface area contributed by atoms with Gasteiger partial charge in [-0.05, 0) is 36.6 Å². The van der Waals surface area contributed by atoms with Gasteiger partial charge in [0.25, 0.3) is 5.69 Å². The maximum Gasteiger partial charge on any atom is 0.303 e. The molecular weight excluding hydrogens is 376 g/mol. The highest BCUT2D eigenvalue weighted by atomic mass is 16.7. The van der Waals surface area contributed by atoms with E-state index >= 15 is 0 Å². The first-order valence-electron chi connectivity index (χ1n) is 9.32. The highest BCUT2D eigenvalue weighted by Gasteiger charge is 2.33. The lowest BCUT2D eigenvalue weighted by Crippen LogP contribution is -2.30. The van der Waals surface area contributed by atoms with Crippen LogP contribution in [0.1, 0.15) is 42.8 Å². The van der Waals surface area contributed by atoms with Crippen LogP contribution in [0.25, 0.3) is 0 Å². The molecule has 1 saturated heterocycles. The Hall–Kier alpha value is -3.10. The molecule has 0 spiro atoms. The van der Waals surface area contributed by atoms with E-state index in [4.69, 9.17) is 14.6 Å². The summed E-state index contributed by atoms with van der Waals surface area (Å²) in [4.78, 5) is 25.2. The van der Waals surface area contributed by atoms with Crippen LogP contribution in [0.4, 0.5) is 5.69 Å². The van der Waals surface area contributed by atoms with Crippen molar-refractivity contribution >= 4 is 11.7 Å². The summed E-state index contributed by atoms with van der Waals surface area (Å²) in [5.41, 5.74) is 1.64. The molecule has 0 radical (unpaired) electrons.